The van der Waals surface area contributed by atoms with Crippen molar-refractivity contribution in [1.82, 2.24) is 0 Å². The molecule has 1 fully saturated rings. The third-order valence-corrected chi connectivity index (χ3v) is 2.20. The molecule has 0 radical (unpaired) electrons. The smallest absolute Gasteiger partial charge is 0.306 e. The van der Waals surface area contributed by atoms with E-state index in [-0.39, 0.29) is 11.5 Å². The molecule has 0 spiro atoms. The van der Waals surface area contributed by atoms with Gasteiger partial charge in [-0.05, 0) is 19.8 Å². The first-order valence-electron chi connectivity index (χ1n) is 3.35. The number of methoxy groups -OCH3 is 1. The fourth-order valence-corrected chi connectivity index (χ4v) is 1.32. The molecule has 0 aromatic carbocycles. The first-order valence-corrected chi connectivity index (χ1v) is 3.35. The summed E-state index contributed by atoms with van der Waals surface area (Å²) in [4.78, 5) is 10.3. The maximum absolute atomic E-state index is 10.3. The van der Waals surface area contributed by atoms with Gasteiger partial charge in [0, 0.05) is 7.11 Å². The van der Waals surface area contributed by atoms with Gasteiger partial charge >= 0.3 is 5.97 Å². The molecule has 1 rings (SSSR count). The minimum absolute atomic E-state index is 0.164. The van der Waals surface area contributed by atoms with Crippen LogP contribution in [-0.4, -0.2) is 23.8 Å². The Kier molecular flexibility index (Phi) is 1.68. The molecular formula is C7H12O3. The summed E-state index contributed by atoms with van der Waals surface area (Å²) in [7, 11) is 1.62. The van der Waals surface area contributed by atoms with Crippen LogP contribution in [0.4, 0.5) is 0 Å². The summed E-state index contributed by atoms with van der Waals surface area (Å²) >= 11 is 0. The van der Waals surface area contributed by atoms with Crippen molar-refractivity contribution in [3.8, 4) is 0 Å². The number of ether oxygens (including phenoxy) is 1. The summed E-state index contributed by atoms with van der Waals surface area (Å²) in [5.74, 6) is -0.875. The summed E-state index contributed by atoms with van der Waals surface area (Å²) in [5, 5.41) is 8.51. The van der Waals surface area contributed by atoms with E-state index in [4.69, 9.17) is 9.84 Å². The average Bonchev–Trinajstić information content (AvgIpc) is 1.80. The molecule has 0 heterocycles. The van der Waals surface area contributed by atoms with Gasteiger partial charge in [0.1, 0.15) is 0 Å². The SMILES string of the molecule is COC1(C)CC(C(=O)O)C1. The summed E-state index contributed by atoms with van der Waals surface area (Å²) in [6.07, 6.45) is 1.30. The number of carbonyl (C=O) groups is 1. The minimum atomic E-state index is -0.700. The van der Waals surface area contributed by atoms with E-state index >= 15 is 0 Å². The lowest BCUT2D eigenvalue weighted by molar-refractivity contribution is -0.159. The number of hydrogen-bond acceptors (Lipinski definition) is 2. The molecule has 3 heteroatoms. The van der Waals surface area contributed by atoms with Crippen molar-refractivity contribution < 1.29 is 14.6 Å². The van der Waals surface area contributed by atoms with E-state index in [9.17, 15) is 4.79 Å². The molecule has 0 unspecified atom stereocenters. The molecule has 1 saturated carbocycles. The second-order valence-electron chi connectivity index (χ2n) is 3.10. The van der Waals surface area contributed by atoms with Crippen LogP contribution in [0.15, 0.2) is 0 Å². The Morgan fingerprint density at radius 3 is 2.50 bits per heavy atom. The molecule has 10 heavy (non-hydrogen) atoms. The standard InChI is InChI=1S/C7H12O3/c1-7(10-2)3-5(4-7)6(8)9/h5H,3-4H2,1-2H3,(H,8,9). The van der Waals surface area contributed by atoms with Crippen LogP contribution < -0.4 is 0 Å². The molecule has 1 N–H and O–H groups in total. The van der Waals surface area contributed by atoms with Crippen LogP contribution in [0.1, 0.15) is 19.8 Å². The summed E-state index contributed by atoms with van der Waals surface area (Å²) < 4.78 is 5.09. The lowest BCUT2D eigenvalue weighted by atomic mass is 9.72. The first kappa shape index (κ1) is 7.54. The second-order valence-corrected chi connectivity index (χ2v) is 3.10. The van der Waals surface area contributed by atoms with Crippen molar-refractivity contribution in [2.24, 2.45) is 5.92 Å². The lowest BCUT2D eigenvalue weighted by Crippen LogP contribution is -2.45. The molecule has 58 valence electrons. The molecule has 0 aliphatic heterocycles. The number of rotatable bonds is 2. The highest BCUT2D eigenvalue weighted by Gasteiger charge is 2.44. The van der Waals surface area contributed by atoms with Gasteiger partial charge in [0.25, 0.3) is 0 Å². The van der Waals surface area contributed by atoms with Crippen LogP contribution in [0, 0.1) is 5.92 Å². The number of carboxylic acid groups (broad SMARTS) is 1. The highest BCUT2D eigenvalue weighted by molar-refractivity contribution is 5.71. The van der Waals surface area contributed by atoms with E-state index in [0.29, 0.717) is 12.8 Å². The van der Waals surface area contributed by atoms with Gasteiger partial charge in [0.2, 0.25) is 0 Å². The Hall–Kier alpha value is -0.570. The van der Waals surface area contributed by atoms with Crippen molar-refractivity contribution in [2.75, 3.05) is 7.11 Å². The third kappa shape index (κ3) is 1.14. The van der Waals surface area contributed by atoms with Crippen LogP contribution in [0.5, 0.6) is 0 Å². The zero-order valence-electron chi connectivity index (χ0n) is 6.26. The molecule has 0 atom stereocenters. The zero-order chi connectivity index (χ0) is 7.78. The Bertz CT molecular complexity index is 147. The van der Waals surface area contributed by atoms with Gasteiger partial charge in [0.05, 0.1) is 11.5 Å². The van der Waals surface area contributed by atoms with Crippen LogP contribution in [0.2, 0.25) is 0 Å². The van der Waals surface area contributed by atoms with Crippen LogP contribution in [0.25, 0.3) is 0 Å². The van der Waals surface area contributed by atoms with Gasteiger partial charge in [-0.2, -0.15) is 0 Å². The van der Waals surface area contributed by atoms with E-state index in [1.54, 1.807) is 7.11 Å². The Morgan fingerprint density at radius 1 is 1.70 bits per heavy atom. The summed E-state index contributed by atoms with van der Waals surface area (Å²) in [6, 6.07) is 0. The highest BCUT2D eigenvalue weighted by Crippen LogP contribution is 2.39. The second kappa shape index (κ2) is 2.23. The van der Waals surface area contributed by atoms with E-state index in [1.165, 1.54) is 0 Å². The van der Waals surface area contributed by atoms with E-state index in [0.717, 1.165) is 0 Å². The molecule has 3 nitrogen and oxygen atoms in total. The zero-order valence-corrected chi connectivity index (χ0v) is 6.26. The Labute approximate surface area is 60.0 Å². The van der Waals surface area contributed by atoms with E-state index in [2.05, 4.69) is 0 Å². The molecular weight excluding hydrogens is 132 g/mol. The van der Waals surface area contributed by atoms with Crippen molar-refractivity contribution in [3.05, 3.63) is 0 Å². The largest absolute Gasteiger partial charge is 0.481 e. The van der Waals surface area contributed by atoms with Gasteiger partial charge in [0.15, 0.2) is 0 Å². The van der Waals surface area contributed by atoms with Gasteiger partial charge in [-0.25, -0.2) is 0 Å². The number of aliphatic carboxylic acids is 1. The van der Waals surface area contributed by atoms with Gasteiger partial charge in [-0.1, -0.05) is 0 Å². The highest BCUT2D eigenvalue weighted by atomic mass is 16.5. The van der Waals surface area contributed by atoms with Gasteiger partial charge in [-0.3, -0.25) is 4.79 Å². The Balaban J connectivity index is 2.36. The van der Waals surface area contributed by atoms with Crippen molar-refractivity contribution in [2.45, 2.75) is 25.4 Å². The van der Waals surface area contributed by atoms with Gasteiger partial charge < -0.3 is 9.84 Å². The maximum atomic E-state index is 10.3. The predicted octanol–water partition coefficient (Wildman–Crippen LogP) is 0.886. The quantitative estimate of drug-likeness (QED) is 0.626. The lowest BCUT2D eigenvalue weighted by Gasteiger charge is -2.41. The molecule has 1 aliphatic rings. The molecule has 0 bridgehead atoms. The summed E-state index contributed by atoms with van der Waals surface area (Å²) in [5.41, 5.74) is -0.164. The van der Waals surface area contributed by atoms with Crippen LogP contribution in [-0.2, 0) is 9.53 Å². The van der Waals surface area contributed by atoms with Gasteiger partial charge in [-0.15, -0.1) is 0 Å². The topological polar surface area (TPSA) is 46.5 Å². The molecule has 0 aromatic heterocycles. The fraction of sp³-hybridized carbons (Fsp3) is 0.857. The Morgan fingerprint density at radius 2 is 2.20 bits per heavy atom. The van der Waals surface area contributed by atoms with E-state index in [1.807, 2.05) is 6.92 Å². The normalized spacial score (nSPS) is 38.8. The van der Waals surface area contributed by atoms with Crippen molar-refractivity contribution >= 4 is 5.97 Å². The molecule has 0 saturated heterocycles. The van der Waals surface area contributed by atoms with Crippen molar-refractivity contribution in [3.63, 3.8) is 0 Å². The molecule has 0 aromatic rings. The molecule has 1 aliphatic carbocycles. The predicted molar refractivity (Wildman–Crippen MR) is 35.8 cm³/mol. The number of hydrogen-bond donors (Lipinski definition) is 1. The third-order valence-electron chi connectivity index (χ3n) is 2.20. The summed E-state index contributed by atoms with van der Waals surface area (Å²) in [6.45, 7) is 1.94. The van der Waals surface area contributed by atoms with Crippen LogP contribution >= 0.6 is 0 Å². The van der Waals surface area contributed by atoms with Crippen LogP contribution in [0.3, 0.4) is 0 Å². The monoisotopic (exact) mass is 144 g/mol. The average molecular weight is 144 g/mol. The maximum Gasteiger partial charge on any atom is 0.306 e. The first-order chi connectivity index (χ1) is 4.57. The molecule has 0 amide bonds. The number of carboxylic acids is 1. The van der Waals surface area contributed by atoms with Crippen molar-refractivity contribution in [1.29, 1.82) is 0 Å². The minimum Gasteiger partial charge on any atom is -0.481 e. The fourth-order valence-electron chi connectivity index (χ4n) is 1.32. The van der Waals surface area contributed by atoms with E-state index < -0.39 is 5.97 Å².